The highest BCUT2D eigenvalue weighted by Crippen LogP contribution is 2.24. The predicted octanol–water partition coefficient (Wildman–Crippen LogP) is 4.34. The number of benzene rings is 2. The van der Waals surface area contributed by atoms with Gasteiger partial charge >= 0.3 is 0 Å². The number of carbonyl (C=O) groups is 2. The fraction of sp³-hybridized carbons (Fsp3) is 0.208. The maximum Gasteiger partial charge on any atom is 0.257 e. The first-order chi connectivity index (χ1) is 15.5. The monoisotopic (exact) mass is 494 g/mol. The van der Waals surface area contributed by atoms with Crippen molar-refractivity contribution in [2.75, 3.05) is 11.9 Å². The minimum atomic E-state index is -0.285. The van der Waals surface area contributed by atoms with Gasteiger partial charge in [0.15, 0.2) is 0 Å². The third-order valence-corrected chi connectivity index (χ3v) is 5.77. The second kappa shape index (κ2) is 9.93. The zero-order valence-corrected chi connectivity index (χ0v) is 18.9. The van der Waals surface area contributed by atoms with Gasteiger partial charge < -0.3 is 15.8 Å². The number of pyridine rings is 1. The Morgan fingerprint density at radius 3 is 2.75 bits per heavy atom. The van der Waals surface area contributed by atoms with Crippen LogP contribution in [-0.4, -0.2) is 34.3 Å². The summed E-state index contributed by atoms with van der Waals surface area (Å²) in [5.41, 5.74) is 7.61. The Morgan fingerprint density at radius 2 is 2.00 bits per heavy atom. The normalized spacial score (nSPS) is 16.0. The predicted molar refractivity (Wildman–Crippen MR) is 125 cm³/mol. The average Bonchev–Trinajstić information content (AvgIpc) is 3.23. The van der Waals surface area contributed by atoms with Gasteiger partial charge in [0.25, 0.3) is 5.91 Å². The van der Waals surface area contributed by atoms with Gasteiger partial charge in [-0.25, -0.2) is 4.98 Å². The number of ether oxygens (including phenoxy) is 1. The number of rotatable bonds is 7. The molecule has 1 fully saturated rings. The van der Waals surface area contributed by atoms with Crippen molar-refractivity contribution in [3.05, 3.63) is 82.5 Å². The molecule has 32 heavy (non-hydrogen) atoms. The van der Waals surface area contributed by atoms with E-state index in [0.717, 1.165) is 29.4 Å². The van der Waals surface area contributed by atoms with Crippen LogP contribution in [0.25, 0.3) is 0 Å². The van der Waals surface area contributed by atoms with Crippen LogP contribution in [-0.2, 0) is 11.3 Å². The lowest BCUT2D eigenvalue weighted by atomic mass is 10.1. The number of nitrogens with two attached hydrogens (primary N) is 1. The highest BCUT2D eigenvalue weighted by Gasteiger charge is 2.28. The summed E-state index contributed by atoms with van der Waals surface area (Å²) in [7, 11) is 0. The summed E-state index contributed by atoms with van der Waals surface area (Å²) in [5, 5.41) is 2.90. The smallest absolute Gasteiger partial charge is 0.257 e. The molecule has 7 nitrogen and oxygen atoms in total. The molecule has 1 aliphatic rings. The summed E-state index contributed by atoms with van der Waals surface area (Å²) in [4.78, 5) is 30.6. The molecule has 1 aromatic heterocycles. The minimum Gasteiger partial charge on any atom is -0.439 e. The summed E-state index contributed by atoms with van der Waals surface area (Å²) in [5.74, 6) is 0.500. The third kappa shape index (κ3) is 5.52. The number of anilines is 1. The van der Waals surface area contributed by atoms with E-state index < -0.39 is 0 Å². The van der Waals surface area contributed by atoms with Gasteiger partial charge in [-0.3, -0.25) is 14.5 Å². The molecule has 8 heteroatoms. The number of aromatic nitrogens is 1. The fourth-order valence-electron chi connectivity index (χ4n) is 3.75. The second-order valence-corrected chi connectivity index (χ2v) is 8.55. The maximum atomic E-state index is 12.7. The number of primary amides is 1. The zero-order chi connectivity index (χ0) is 22.5. The molecule has 1 atom stereocenters. The molecule has 3 N–H and O–H groups in total. The SMILES string of the molecule is NC(=O)C1CCCN1Cc1cccc(NC(=O)c2ccc(Oc3cccc(Br)c3)nc2)c1. The molecule has 2 amide bonds. The van der Waals surface area contributed by atoms with Crippen molar-refractivity contribution in [3.63, 3.8) is 0 Å². The molecule has 2 aromatic carbocycles. The van der Waals surface area contributed by atoms with Gasteiger partial charge in [-0.05, 0) is 61.3 Å². The molecule has 0 radical (unpaired) electrons. The number of likely N-dealkylation sites (tertiary alicyclic amines) is 1. The highest BCUT2D eigenvalue weighted by molar-refractivity contribution is 9.10. The third-order valence-electron chi connectivity index (χ3n) is 5.28. The van der Waals surface area contributed by atoms with E-state index in [1.54, 1.807) is 12.1 Å². The van der Waals surface area contributed by atoms with Crippen LogP contribution in [0.3, 0.4) is 0 Å². The van der Waals surface area contributed by atoms with Crippen molar-refractivity contribution >= 4 is 33.4 Å². The molecule has 164 valence electrons. The lowest BCUT2D eigenvalue weighted by Gasteiger charge is -2.22. The molecule has 0 aliphatic carbocycles. The molecular weight excluding hydrogens is 472 g/mol. The van der Waals surface area contributed by atoms with Crippen LogP contribution >= 0.6 is 15.9 Å². The Morgan fingerprint density at radius 1 is 1.16 bits per heavy atom. The minimum absolute atomic E-state index is 0.225. The van der Waals surface area contributed by atoms with Crippen molar-refractivity contribution < 1.29 is 14.3 Å². The van der Waals surface area contributed by atoms with Crippen molar-refractivity contribution in [2.24, 2.45) is 5.73 Å². The van der Waals surface area contributed by atoms with E-state index in [1.807, 2.05) is 48.5 Å². The van der Waals surface area contributed by atoms with Crippen LogP contribution in [0.15, 0.2) is 71.3 Å². The van der Waals surface area contributed by atoms with Crippen molar-refractivity contribution in [2.45, 2.75) is 25.4 Å². The molecule has 1 saturated heterocycles. The van der Waals surface area contributed by atoms with Crippen LogP contribution < -0.4 is 15.8 Å². The Balaban J connectivity index is 1.38. The number of hydrogen-bond acceptors (Lipinski definition) is 5. The van der Waals surface area contributed by atoms with Crippen LogP contribution in [0.2, 0.25) is 0 Å². The number of nitrogens with zero attached hydrogens (tertiary/aromatic N) is 2. The summed E-state index contributed by atoms with van der Waals surface area (Å²) in [6.07, 6.45) is 3.23. The van der Waals surface area contributed by atoms with Gasteiger partial charge in [0.2, 0.25) is 11.8 Å². The number of nitrogens with one attached hydrogen (secondary N) is 1. The van der Waals surface area contributed by atoms with Gasteiger partial charge in [0, 0.05) is 29.0 Å². The molecule has 3 aromatic rings. The van der Waals surface area contributed by atoms with Crippen LogP contribution in [0.4, 0.5) is 5.69 Å². The molecule has 0 saturated carbocycles. The van der Waals surface area contributed by atoms with Gasteiger partial charge in [-0.2, -0.15) is 0 Å². The number of halogens is 1. The average molecular weight is 495 g/mol. The first kappa shape index (κ1) is 22.0. The van der Waals surface area contributed by atoms with Crippen LogP contribution in [0.5, 0.6) is 11.6 Å². The highest BCUT2D eigenvalue weighted by atomic mass is 79.9. The van der Waals surface area contributed by atoms with E-state index in [4.69, 9.17) is 10.5 Å². The number of hydrogen-bond donors (Lipinski definition) is 2. The molecule has 1 unspecified atom stereocenters. The molecule has 4 rings (SSSR count). The standard InChI is InChI=1S/C24H23BrN4O3/c25-18-5-2-7-20(13-18)32-22-10-9-17(14-27-22)24(31)28-19-6-1-4-16(12-19)15-29-11-3-8-21(29)23(26)30/h1-2,4-7,9-10,12-14,21H,3,8,11,15H2,(H2,26,30)(H,28,31). The van der Waals surface area contributed by atoms with Gasteiger partial charge in [0.1, 0.15) is 5.75 Å². The van der Waals surface area contributed by atoms with E-state index in [-0.39, 0.29) is 17.9 Å². The van der Waals surface area contributed by atoms with E-state index in [1.165, 1.54) is 6.20 Å². The maximum absolute atomic E-state index is 12.7. The van der Waals surface area contributed by atoms with E-state index in [0.29, 0.717) is 29.4 Å². The molecule has 0 spiro atoms. The summed E-state index contributed by atoms with van der Waals surface area (Å²) < 4.78 is 6.61. The van der Waals surface area contributed by atoms with Crippen molar-refractivity contribution in [1.29, 1.82) is 0 Å². The summed E-state index contributed by atoms with van der Waals surface area (Å²) >= 11 is 3.40. The van der Waals surface area contributed by atoms with Gasteiger partial charge in [-0.1, -0.05) is 34.1 Å². The van der Waals surface area contributed by atoms with E-state index in [2.05, 4.69) is 31.1 Å². The number of carbonyl (C=O) groups excluding carboxylic acids is 2. The quantitative estimate of drug-likeness (QED) is 0.509. The van der Waals surface area contributed by atoms with Crippen molar-refractivity contribution in [3.8, 4) is 11.6 Å². The van der Waals surface area contributed by atoms with Gasteiger partial charge in [0.05, 0.1) is 11.6 Å². The molecule has 0 bridgehead atoms. The topological polar surface area (TPSA) is 97.6 Å². The Labute approximate surface area is 194 Å². The Hall–Kier alpha value is -3.23. The first-order valence-corrected chi connectivity index (χ1v) is 11.1. The molecule has 1 aliphatic heterocycles. The lowest BCUT2D eigenvalue weighted by molar-refractivity contribution is -0.122. The zero-order valence-electron chi connectivity index (χ0n) is 17.3. The number of amides is 2. The molecular formula is C24H23BrN4O3. The van der Waals surface area contributed by atoms with Gasteiger partial charge in [-0.15, -0.1) is 0 Å². The molecule has 2 heterocycles. The van der Waals surface area contributed by atoms with Crippen molar-refractivity contribution in [1.82, 2.24) is 9.88 Å². The summed E-state index contributed by atoms with van der Waals surface area (Å²) in [6.45, 7) is 1.45. The first-order valence-electron chi connectivity index (χ1n) is 10.3. The second-order valence-electron chi connectivity index (χ2n) is 7.63. The Bertz CT molecular complexity index is 1120. The van der Waals surface area contributed by atoms with E-state index in [9.17, 15) is 9.59 Å². The fourth-order valence-corrected chi connectivity index (χ4v) is 4.13. The largest absolute Gasteiger partial charge is 0.439 e. The van der Waals surface area contributed by atoms with Crippen LogP contribution in [0, 0.1) is 0 Å². The summed E-state index contributed by atoms with van der Waals surface area (Å²) in [6, 6.07) is 18.1. The Kier molecular flexibility index (Phi) is 6.82. The van der Waals surface area contributed by atoms with E-state index >= 15 is 0 Å². The lowest BCUT2D eigenvalue weighted by Crippen LogP contribution is -2.39. The van der Waals surface area contributed by atoms with Crippen LogP contribution in [0.1, 0.15) is 28.8 Å².